The fourth-order valence-electron chi connectivity index (χ4n) is 4.66. The Bertz CT molecular complexity index is 1480. The van der Waals surface area contributed by atoms with Gasteiger partial charge < -0.3 is 15.0 Å². The molecule has 5 heterocycles. The molecule has 35 heavy (non-hydrogen) atoms. The number of hydrogen-bond acceptors (Lipinski definition) is 7. The van der Waals surface area contributed by atoms with Gasteiger partial charge in [0.25, 0.3) is 0 Å². The molecule has 0 atom stereocenters. The number of carbonyl (C=O) groups excluding carboxylic acids is 1. The molecule has 0 radical (unpaired) electrons. The highest BCUT2D eigenvalue weighted by Crippen LogP contribution is 2.44. The first-order valence-electron chi connectivity index (χ1n) is 11.4. The van der Waals surface area contributed by atoms with Crippen molar-refractivity contribution >= 4 is 28.6 Å². The van der Waals surface area contributed by atoms with Gasteiger partial charge >= 0.3 is 0 Å². The zero-order valence-electron chi connectivity index (χ0n) is 19.6. The van der Waals surface area contributed by atoms with E-state index in [1.54, 1.807) is 36.2 Å². The quantitative estimate of drug-likeness (QED) is 0.476. The fourth-order valence-corrected chi connectivity index (χ4v) is 4.66. The molecule has 1 amide bonds. The second-order valence-electron chi connectivity index (χ2n) is 9.41. The first kappa shape index (κ1) is 21.6. The van der Waals surface area contributed by atoms with Crippen LogP contribution in [0.5, 0.6) is 0 Å². The van der Waals surface area contributed by atoms with Gasteiger partial charge in [-0.2, -0.15) is 5.10 Å². The molecule has 3 aromatic heterocycles. The molecule has 1 N–H and O–H groups in total. The number of amides is 1. The molecule has 2 aliphatic heterocycles. The van der Waals surface area contributed by atoms with Gasteiger partial charge in [-0.1, -0.05) is 18.2 Å². The highest BCUT2D eigenvalue weighted by molar-refractivity contribution is 6.06. The van der Waals surface area contributed by atoms with Crippen molar-refractivity contribution < 1.29 is 13.9 Å². The van der Waals surface area contributed by atoms with Crippen LogP contribution >= 0.6 is 0 Å². The molecule has 178 valence electrons. The summed E-state index contributed by atoms with van der Waals surface area (Å²) in [6.07, 6.45) is 1.79. The van der Waals surface area contributed by atoms with Crippen molar-refractivity contribution in [3.63, 3.8) is 0 Å². The first-order chi connectivity index (χ1) is 16.9. The van der Waals surface area contributed by atoms with E-state index in [1.807, 2.05) is 26.0 Å². The number of rotatable bonds is 5. The minimum Gasteiger partial charge on any atom is -0.378 e. The van der Waals surface area contributed by atoms with Crippen molar-refractivity contribution in [1.29, 1.82) is 0 Å². The number of nitrogens with zero attached hydrogens (tertiary/aromatic N) is 6. The van der Waals surface area contributed by atoms with Gasteiger partial charge in [-0.05, 0) is 32.0 Å². The van der Waals surface area contributed by atoms with Gasteiger partial charge in [0.05, 0.1) is 29.0 Å². The smallest absolute Gasteiger partial charge is 0.235 e. The third-order valence-corrected chi connectivity index (χ3v) is 6.79. The molecule has 2 aliphatic rings. The maximum atomic E-state index is 14.4. The van der Waals surface area contributed by atoms with Crippen LogP contribution in [-0.2, 0) is 21.5 Å². The zero-order chi connectivity index (χ0) is 24.3. The number of ether oxygens (including phenoxy) is 1. The van der Waals surface area contributed by atoms with Crippen LogP contribution in [0.1, 0.15) is 25.0 Å². The Balaban J connectivity index is 1.50. The van der Waals surface area contributed by atoms with Gasteiger partial charge in [0, 0.05) is 32.0 Å². The molecule has 4 aromatic rings. The summed E-state index contributed by atoms with van der Waals surface area (Å²) in [7, 11) is 1.69. The number of anilines is 2. The van der Waals surface area contributed by atoms with E-state index < -0.39 is 5.41 Å². The topological polar surface area (TPSA) is 98.1 Å². The average molecular weight is 474 g/mol. The molecule has 0 aliphatic carbocycles. The van der Waals surface area contributed by atoms with Gasteiger partial charge in [0.15, 0.2) is 11.5 Å². The lowest BCUT2D eigenvalue weighted by Crippen LogP contribution is -2.53. The summed E-state index contributed by atoms with van der Waals surface area (Å²) < 4.78 is 21.5. The molecule has 0 spiro atoms. The Morgan fingerprint density at radius 1 is 1.17 bits per heavy atom. The Hall–Kier alpha value is -3.92. The van der Waals surface area contributed by atoms with Crippen LogP contribution in [0.15, 0.2) is 42.6 Å². The van der Waals surface area contributed by atoms with E-state index in [4.69, 9.17) is 19.8 Å². The third-order valence-electron chi connectivity index (χ3n) is 6.79. The molecular weight excluding hydrogens is 449 g/mol. The highest BCUT2D eigenvalue weighted by atomic mass is 19.1. The highest BCUT2D eigenvalue weighted by Gasteiger charge is 2.45. The molecule has 1 saturated heterocycles. The largest absolute Gasteiger partial charge is 0.378 e. The van der Waals surface area contributed by atoms with E-state index in [0.29, 0.717) is 47.5 Å². The van der Waals surface area contributed by atoms with Crippen LogP contribution in [0.25, 0.3) is 22.6 Å². The van der Waals surface area contributed by atoms with Crippen molar-refractivity contribution in [2.24, 2.45) is 0 Å². The predicted octanol–water partition coefficient (Wildman–Crippen LogP) is 3.14. The van der Waals surface area contributed by atoms with Crippen LogP contribution in [-0.4, -0.2) is 56.9 Å². The average Bonchev–Trinajstić information content (AvgIpc) is 3.29. The Morgan fingerprint density at radius 2 is 1.97 bits per heavy atom. The molecule has 0 unspecified atom stereocenters. The minimum atomic E-state index is -0.769. The lowest BCUT2D eigenvalue weighted by Gasteiger charge is -2.40. The second-order valence-corrected chi connectivity index (χ2v) is 9.41. The summed E-state index contributed by atoms with van der Waals surface area (Å²) in [5, 5.41) is 8.43. The lowest BCUT2D eigenvalue weighted by atomic mass is 9.86. The summed E-state index contributed by atoms with van der Waals surface area (Å²) in [5.74, 6) is 1.13. The van der Waals surface area contributed by atoms with Crippen molar-refractivity contribution in [2.75, 3.05) is 30.4 Å². The fraction of sp³-hybridized carbons (Fsp3) is 0.320. The van der Waals surface area contributed by atoms with E-state index in [-0.39, 0.29) is 24.4 Å². The molecule has 0 bridgehead atoms. The van der Waals surface area contributed by atoms with Gasteiger partial charge in [0.1, 0.15) is 23.1 Å². The van der Waals surface area contributed by atoms with Crippen molar-refractivity contribution in [3.05, 3.63) is 59.5 Å². The van der Waals surface area contributed by atoms with E-state index in [1.165, 1.54) is 6.07 Å². The molecule has 9 nitrogen and oxygen atoms in total. The molecule has 1 fully saturated rings. The SMILES string of the molecule is COC1CN(c2nc(-c3nn(Cc4ccccc4F)c4ncccc34)nc3c2C(C)(C)C(=O)N3)C1. The molecule has 6 rings (SSSR count). The van der Waals surface area contributed by atoms with E-state index in [2.05, 4.69) is 15.2 Å². The van der Waals surface area contributed by atoms with Crippen molar-refractivity contribution in [1.82, 2.24) is 24.7 Å². The summed E-state index contributed by atoms with van der Waals surface area (Å²) >= 11 is 0. The Morgan fingerprint density at radius 3 is 2.74 bits per heavy atom. The molecule has 10 heteroatoms. The normalized spacial score (nSPS) is 16.9. The standard InChI is InChI=1S/C25H24FN7O2/c1-25(2)18-20(30-24(25)34)28-21(29-23(18)32-12-15(13-32)35-3)19-16-8-6-10-27-22(16)33(31-19)11-14-7-4-5-9-17(14)26/h4-10,15H,11-13H2,1-3H3,(H,28,29,30,34). The maximum Gasteiger partial charge on any atom is 0.235 e. The van der Waals surface area contributed by atoms with Gasteiger partial charge in [-0.15, -0.1) is 0 Å². The lowest BCUT2D eigenvalue weighted by molar-refractivity contribution is -0.119. The Kier molecular flexibility index (Phi) is 4.82. The minimum absolute atomic E-state index is 0.113. The van der Waals surface area contributed by atoms with E-state index in [9.17, 15) is 9.18 Å². The zero-order valence-corrected chi connectivity index (χ0v) is 19.6. The summed E-state index contributed by atoms with van der Waals surface area (Å²) in [6.45, 7) is 5.30. The number of aromatic nitrogens is 5. The number of carbonyl (C=O) groups is 1. The van der Waals surface area contributed by atoms with Crippen LogP contribution < -0.4 is 10.2 Å². The van der Waals surface area contributed by atoms with Crippen LogP contribution in [0.4, 0.5) is 16.0 Å². The van der Waals surface area contributed by atoms with E-state index >= 15 is 0 Å². The van der Waals surface area contributed by atoms with Crippen molar-refractivity contribution in [2.45, 2.75) is 31.9 Å². The number of halogens is 1. The maximum absolute atomic E-state index is 14.4. The second kappa shape index (κ2) is 7.81. The van der Waals surface area contributed by atoms with Gasteiger partial charge in [-0.25, -0.2) is 24.0 Å². The predicted molar refractivity (Wildman–Crippen MR) is 129 cm³/mol. The monoisotopic (exact) mass is 473 g/mol. The summed E-state index contributed by atoms with van der Waals surface area (Å²) in [4.78, 5) is 29.0. The first-order valence-corrected chi connectivity index (χ1v) is 11.4. The molecular formula is C25H24FN7O2. The van der Waals surface area contributed by atoms with Crippen LogP contribution in [0.2, 0.25) is 0 Å². The van der Waals surface area contributed by atoms with E-state index in [0.717, 1.165) is 10.9 Å². The van der Waals surface area contributed by atoms with Crippen LogP contribution in [0.3, 0.4) is 0 Å². The molecule has 1 aromatic carbocycles. The number of hydrogen-bond donors (Lipinski definition) is 1. The number of nitrogens with one attached hydrogen (secondary N) is 1. The number of methoxy groups -OCH3 is 1. The molecule has 0 saturated carbocycles. The summed E-state index contributed by atoms with van der Waals surface area (Å²) in [5.41, 5.74) is 1.63. The summed E-state index contributed by atoms with van der Waals surface area (Å²) in [6, 6.07) is 10.3. The number of fused-ring (bicyclic) bond motifs is 2. The van der Waals surface area contributed by atoms with Crippen molar-refractivity contribution in [3.8, 4) is 11.5 Å². The third kappa shape index (κ3) is 3.35. The van der Waals surface area contributed by atoms with Crippen LogP contribution in [0, 0.1) is 5.82 Å². The van der Waals surface area contributed by atoms with Gasteiger partial charge in [0.2, 0.25) is 5.91 Å². The Labute approximate surface area is 201 Å². The van der Waals surface area contributed by atoms with Gasteiger partial charge in [-0.3, -0.25) is 4.79 Å². The number of pyridine rings is 1. The number of benzene rings is 1.